The molecule has 0 atom stereocenters. The number of allylic oxidation sites excluding steroid dienone is 1. The lowest BCUT2D eigenvalue weighted by Crippen LogP contribution is -2.24. The van der Waals surface area contributed by atoms with Gasteiger partial charge in [-0.25, -0.2) is 4.98 Å². The van der Waals surface area contributed by atoms with E-state index in [-0.39, 0.29) is 0 Å². The van der Waals surface area contributed by atoms with Crippen molar-refractivity contribution in [3.8, 4) is 0 Å². The Morgan fingerprint density at radius 1 is 1.62 bits per heavy atom. The maximum Gasteiger partial charge on any atom is 0.205 e. The molecule has 0 saturated carbocycles. The summed E-state index contributed by atoms with van der Waals surface area (Å²) in [7, 11) is 2.05. The molecule has 0 aromatic carbocycles. The van der Waals surface area contributed by atoms with Crippen molar-refractivity contribution in [3.05, 3.63) is 24.5 Å². The lowest BCUT2D eigenvalue weighted by molar-refractivity contribution is 0.731. The van der Waals surface area contributed by atoms with Crippen molar-refractivity contribution < 1.29 is 0 Å². The number of rotatable bonds is 7. The first-order chi connectivity index (χ1) is 7.72. The van der Waals surface area contributed by atoms with Crippen molar-refractivity contribution in [1.82, 2.24) is 9.55 Å². The van der Waals surface area contributed by atoms with E-state index in [1.54, 1.807) is 0 Å². The largest absolute Gasteiger partial charge is 0.345 e. The van der Waals surface area contributed by atoms with Crippen LogP contribution < -0.4 is 10.6 Å². The maximum atomic E-state index is 5.51. The van der Waals surface area contributed by atoms with Gasteiger partial charge in [0.2, 0.25) is 5.95 Å². The zero-order valence-electron chi connectivity index (χ0n) is 10.3. The smallest absolute Gasteiger partial charge is 0.205 e. The van der Waals surface area contributed by atoms with Gasteiger partial charge in [0.05, 0.1) is 5.69 Å². The van der Waals surface area contributed by atoms with Gasteiger partial charge in [0.1, 0.15) is 0 Å². The van der Waals surface area contributed by atoms with Crippen molar-refractivity contribution >= 4 is 5.95 Å². The van der Waals surface area contributed by atoms with Crippen LogP contribution in [0.15, 0.2) is 18.9 Å². The van der Waals surface area contributed by atoms with E-state index < -0.39 is 0 Å². The highest BCUT2D eigenvalue weighted by molar-refractivity contribution is 5.32. The fourth-order valence-corrected chi connectivity index (χ4v) is 1.64. The van der Waals surface area contributed by atoms with E-state index in [1.807, 2.05) is 6.08 Å². The van der Waals surface area contributed by atoms with E-state index in [4.69, 9.17) is 5.73 Å². The van der Waals surface area contributed by atoms with Gasteiger partial charge in [-0.2, -0.15) is 0 Å². The molecule has 0 saturated heterocycles. The van der Waals surface area contributed by atoms with Crippen molar-refractivity contribution in [1.29, 1.82) is 0 Å². The zero-order valence-corrected chi connectivity index (χ0v) is 10.3. The molecule has 0 fully saturated rings. The van der Waals surface area contributed by atoms with Crippen LogP contribution in [0.4, 0.5) is 5.95 Å². The zero-order chi connectivity index (χ0) is 12.0. The van der Waals surface area contributed by atoms with E-state index in [2.05, 4.69) is 41.2 Å². The normalized spacial score (nSPS) is 10.4. The molecule has 0 radical (unpaired) electrons. The van der Waals surface area contributed by atoms with Crippen LogP contribution in [-0.2, 0) is 13.0 Å². The maximum absolute atomic E-state index is 5.51. The minimum atomic E-state index is 0.715. The Hall–Kier alpha value is -1.29. The Morgan fingerprint density at radius 3 is 2.94 bits per heavy atom. The molecule has 0 spiro atoms. The van der Waals surface area contributed by atoms with Gasteiger partial charge >= 0.3 is 0 Å². The van der Waals surface area contributed by atoms with Gasteiger partial charge in [-0.15, -0.1) is 6.58 Å². The molecule has 4 nitrogen and oxygen atoms in total. The first kappa shape index (κ1) is 12.8. The van der Waals surface area contributed by atoms with Gasteiger partial charge in [-0.1, -0.05) is 13.0 Å². The van der Waals surface area contributed by atoms with E-state index in [0.717, 1.165) is 37.6 Å². The van der Waals surface area contributed by atoms with Gasteiger partial charge in [0.25, 0.3) is 0 Å². The molecule has 0 aliphatic rings. The molecule has 0 unspecified atom stereocenters. The lowest BCUT2D eigenvalue weighted by atomic mass is 10.4. The van der Waals surface area contributed by atoms with E-state index >= 15 is 0 Å². The van der Waals surface area contributed by atoms with Crippen LogP contribution in [0.3, 0.4) is 0 Å². The minimum Gasteiger partial charge on any atom is -0.345 e. The Morgan fingerprint density at radius 2 is 2.38 bits per heavy atom. The molecule has 0 aliphatic heterocycles. The molecule has 1 heterocycles. The number of hydrogen-bond acceptors (Lipinski definition) is 3. The second-order valence-corrected chi connectivity index (χ2v) is 3.89. The third-order valence-corrected chi connectivity index (χ3v) is 2.53. The minimum absolute atomic E-state index is 0.715. The summed E-state index contributed by atoms with van der Waals surface area (Å²) >= 11 is 0. The number of nitrogens with two attached hydrogens (primary N) is 1. The number of hydrogen-bond donors (Lipinski definition) is 1. The van der Waals surface area contributed by atoms with E-state index in [9.17, 15) is 0 Å². The number of aromatic nitrogens is 2. The molecule has 0 aliphatic carbocycles. The van der Waals surface area contributed by atoms with Crippen LogP contribution in [0.1, 0.15) is 19.0 Å². The molecule has 0 bridgehead atoms. The molecule has 16 heavy (non-hydrogen) atoms. The van der Waals surface area contributed by atoms with Crippen LogP contribution >= 0.6 is 0 Å². The molecule has 4 heteroatoms. The molecular formula is C12H22N4. The molecule has 2 N–H and O–H groups in total. The highest BCUT2D eigenvalue weighted by Crippen LogP contribution is 2.14. The van der Waals surface area contributed by atoms with Crippen molar-refractivity contribution in [2.75, 3.05) is 25.0 Å². The quantitative estimate of drug-likeness (QED) is 0.710. The lowest BCUT2D eigenvalue weighted by Gasteiger charge is -2.18. The van der Waals surface area contributed by atoms with Crippen molar-refractivity contribution in [2.24, 2.45) is 5.73 Å². The van der Waals surface area contributed by atoms with E-state index in [0.29, 0.717) is 6.54 Å². The van der Waals surface area contributed by atoms with Gasteiger partial charge in [-0.05, 0) is 19.4 Å². The van der Waals surface area contributed by atoms with Crippen LogP contribution in [-0.4, -0.2) is 29.7 Å². The fourth-order valence-electron chi connectivity index (χ4n) is 1.64. The monoisotopic (exact) mass is 222 g/mol. The standard InChI is InChI=1S/C12H22N4/c1-4-8-16-10-11(5-2)14-12(16)15(3)9-6-7-13/h4,10H,1,5-9,13H2,2-3H3. The van der Waals surface area contributed by atoms with Gasteiger partial charge in [-0.3, -0.25) is 0 Å². The Labute approximate surface area is 97.8 Å². The summed E-state index contributed by atoms with van der Waals surface area (Å²) in [6, 6.07) is 0. The number of imidazole rings is 1. The molecule has 1 aromatic rings. The summed E-state index contributed by atoms with van der Waals surface area (Å²) in [6.45, 7) is 8.34. The Balaban J connectivity index is 2.82. The second-order valence-electron chi connectivity index (χ2n) is 3.89. The Kier molecular flexibility index (Phi) is 5.05. The fraction of sp³-hybridized carbons (Fsp3) is 0.583. The summed E-state index contributed by atoms with van der Waals surface area (Å²) in [5.41, 5.74) is 6.63. The van der Waals surface area contributed by atoms with E-state index in [1.165, 1.54) is 0 Å². The molecular weight excluding hydrogens is 200 g/mol. The van der Waals surface area contributed by atoms with Crippen LogP contribution in [0.25, 0.3) is 0 Å². The van der Waals surface area contributed by atoms with Gasteiger partial charge in [0.15, 0.2) is 0 Å². The van der Waals surface area contributed by atoms with Gasteiger partial charge in [0, 0.05) is 26.3 Å². The highest BCUT2D eigenvalue weighted by atomic mass is 15.3. The highest BCUT2D eigenvalue weighted by Gasteiger charge is 2.09. The predicted octanol–water partition coefficient (Wildman–Crippen LogP) is 1.42. The number of anilines is 1. The third kappa shape index (κ3) is 3.10. The SMILES string of the molecule is C=CCn1cc(CC)nc1N(C)CCCN. The summed E-state index contributed by atoms with van der Waals surface area (Å²) in [4.78, 5) is 6.75. The van der Waals surface area contributed by atoms with Crippen molar-refractivity contribution in [3.63, 3.8) is 0 Å². The molecule has 90 valence electrons. The summed E-state index contributed by atoms with van der Waals surface area (Å²) in [6.07, 6.45) is 5.93. The Bertz CT molecular complexity index is 330. The number of aryl methyl sites for hydroxylation is 1. The summed E-state index contributed by atoms with van der Waals surface area (Å²) < 4.78 is 2.13. The van der Waals surface area contributed by atoms with Crippen molar-refractivity contribution in [2.45, 2.75) is 26.3 Å². The summed E-state index contributed by atoms with van der Waals surface area (Å²) in [5, 5.41) is 0. The first-order valence-electron chi connectivity index (χ1n) is 5.81. The predicted molar refractivity (Wildman–Crippen MR) is 68.7 cm³/mol. The topological polar surface area (TPSA) is 47.1 Å². The third-order valence-electron chi connectivity index (χ3n) is 2.53. The summed E-state index contributed by atoms with van der Waals surface area (Å²) in [5.74, 6) is 1.00. The molecule has 0 amide bonds. The molecule has 1 rings (SSSR count). The average molecular weight is 222 g/mol. The second kappa shape index (κ2) is 6.33. The van der Waals surface area contributed by atoms with Gasteiger partial charge < -0.3 is 15.2 Å². The van der Waals surface area contributed by atoms with Crippen LogP contribution in [0, 0.1) is 0 Å². The van der Waals surface area contributed by atoms with Crippen LogP contribution in [0.5, 0.6) is 0 Å². The number of nitrogens with zero attached hydrogens (tertiary/aromatic N) is 3. The first-order valence-corrected chi connectivity index (χ1v) is 5.81. The molecule has 1 aromatic heterocycles. The average Bonchev–Trinajstić information content (AvgIpc) is 2.70. The van der Waals surface area contributed by atoms with Crippen LogP contribution in [0.2, 0.25) is 0 Å².